The number of ether oxygens (including phenoxy) is 1. The van der Waals surface area contributed by atoms with Crippen LogP contribution in [0.4, 0.5) is 5.69 Å². The molecule has 1 aliphatic rings. The first kappa shape index (κ1) is 16.0. The Labute approximate surface area is 142 Å². The lowest BCUT2D eigenvalue weighted by molar-refractivity contribution is -0.114. The van der Waals surface area contributed by atoms with Crippen LogP contribution in [0.2, 0.25) is 0 Å². The molecule has 0 spiro atoms. The molecular formula is C20H20N2O2. The summed E-state index contributed by atoms with van der Waals surface area (Å²) >= 11 is 0. The number of hydrazone groups is 1. The molecule has 4 nitrogen and oxygen atoms in total. The van der Waals surface area contributed by atoms with Crippen LogP contribution in [-0.2, 0) is 4.79 Å². The van der Waals surface area contributed by atoms with Gasteiger partial charge in [-0.05, 0) is 67.8 Å². The molecule has 0 bridgehead atoms. The van der Waals surface area contributed by atoms with Gasteiger partial charge in [0.2, 0.25) is 0 Å². The van der Waals surface area contributed by atoms with Crippen molar-refractivity contribution in [2.75, 3.05) is 12.1 Å². The number of carbonyl (C=O) groups excluding carboxylic acids is 1. The summed E-state index contributed by atoms with van der Waals surface area (Å²) in [5.74, 6) is 0.684. The average molecular weight is 320 g/mol. The Morgan fingerprint density at radius 1 is 1.00 bits per heavy atom. The molecule has 1 heterocycles. The zero-order valence-corrected chi connectivity index (χ0v) is 14.3. The van der Waals surface area contributed by atoms with E-state index < -0.39 is 0 Å². The van der Waals surface area contributed by atoms with E-state index in [-0.39, 0.29) is 5.91 Å². The molecule has 0 N–H and O–H groups in total. The van der Waals surface area contributed by atoms with Crippen LogP contribution in [0.15, 0.2) is 53.1 Å². The van der Waals surface area contributed by atoms with Gasteiger partial charge in [0.25, 0.3) is 5.91 Å². The van der Waals surface area contributed by atoms with Crippen molar-refractivity contribution in [3.05, 3.63) is 64.7 Å². The molecule has 0 fully saturated rings. The Morgan fingerprint density at radius 3 is 2.33 bits per heavy atom. The van der Waals surface area contributed by atoms with Crippen molar-refractivity contribution >= 4 is 23.4 Å². The molecule has 0 radical (unpaired) electrons. The number of methoxy groups -OCH3 is 1. The third kappa shape index (κ3) is 2.95. The second-order valence-electron chi connectivity index (χ2n) is 5.90. The van der Waals surface area contributed by atoms with Crippen molar-refractivity contribution in [3.8, 4) is 5.75 Å². The van der Waals surface area contributed by atoms with Gasteiger partial charge in [-0.2, -0.15) is 10.1 Å². The number of amides is 1. The van der Waals surface area contributed by atoms with E-state index >= 15 is 0 Å². The first-order valence-corrected chi connectivity index (χ1v) is 7.82. The van der Waals surface area contributed by atoms with Crippen LogP contribution in [0.1, 0.15) is 23.6 Å². The van der Waals surface area contributed by atoms with Crippen molar-refractivity contribution in [1.29, 1.82) is 0 Å². The molecule has 1 aliphatic heterocycles. The Morgan fingerprint density at radius 2 is 1.71 bits per heavy atom. The molecule has 0 aromatic heterocycles. The molecule has 0 aliphatic carbocycles. The van der Waals surface area contributed by atoms with E-state index in [1.54, 1.807) is 7.11 Å². The van der Waals surface area contributed by atoms with Gasteiger partial charge in [0.15, 0.2) is 0 Å². The Balaban J connectivity index is 1.91. The van der Waals surface area contributed by atoms with Gasteiger partial charge >= 0.3 is 0 Å². The number of hydrogen-bond acceptors (Lipinski definition) is 3. The summed E-state index contributed by atoms with van der Waals surface area (Å²) in [5.41, 5.74) is 5.39. The van der Waals surface area contributed by atoms with Gasteiger partial charge < -0.3 is 4.74 Å². The fraction of sp³-hybridized carbons (Fsp3) is 0.200. The predicted octanol–water partition coefficient (Wildman–Crippen LogP) is 4.12. The van der Waals surface area contributed by atoms with Gasteiger partial charge in [0.1, 0.15) is 5.75 Å². The second-order valence-corrected chi connectivity index (χ2v) is 5.90. The third-order valence-corrected chi connectivity index (χ3v) is 4.22. The zero-order chi connectivity index (χ0) is 17.3. The lowest BCUT2D eigenvalue weighted by atomic mass is 10.1. The number of carbonyl (C=O) groups is 1. The minimum atomic E-state index is -0.105. The summed E-state index contributed by atoms with van der Waals surface area (Å²) in [6.07, 6.45) is 1.86. The summed E-state index contributed by atoms with van der Waals surface area (Å²) in [7, 11) is 1.63. The van der Waals surface area contributed by atoms with E-state index in [9.17, 15) is 4.79 Å². The highest BCUT2D eigenvalue weighted by atomic mass is 16.5. The van der Waals surface area contributed by atoms with Crippen LogP contribution >= 0.6 is 0 Å². The number of aryl methyl sites for hydroxylation is 2. The number of hydrogen-bond donors (Lipinski definition) is 0. The lowest BCUT2D eigenvalue weighted by Gasteiger charge is -2.13. The molecule has 2 aromatic rings. The minimum absolute atomic E-state index is 0.105. The molecule has 122 valence electrons. The van der Waals surface area contributed by atoms with Crippen molar-refractivity contribution in [3.63, 3.8) is 0 Å². The third-order valence-electron chi connectivity index (χ3n) is 4.22. The zero-order valence-electron chi connectivity index (χ0n) is 14.3. The van der Waals surface area contributed by atoms with Crippen LogP contribution in [0.5, 0.6) is 5.75 Å². The topological polar surface area (TPSA) is 41.9 Å². The van der Waals surface area contributed by atoms with Crippen LogP contribution in [-0.4, -0.2) is 18.7 Å². The van der Waals surface area contributed by atoms with Crippen LogP contribution in [0.25, 0.3) is 6.08 Å². The molecule has 24 heavy (non-hydrogen) atoms. The average Bonchev–Trinajstić information content (AvgIpc) is 2.86. The highest BCUT2D eigenvalue weighted by Gasteiger charge is 2.28. The van der Waals surface area contributed by atoms with E-state index in [4.69, 9.17) is 4.74 Å². The highest BCUT2D eigenvalue weighted by molar-refractivity contribution is 6.32. The van der Waals surface area contributed by atoms with Gasteiger partial charge in [-0.1, -0.05) is 18.2 Å². The maximum atomic E-state index is 12.8. The fourth-order valence-electron chi connectivity index (χ4n) is 2.58. The highest BCUT2D eigenvalue weighted by Crippen LogP contribution is 2.27. The molecule has 4 heteroatoms. The molecule has 0 saturated carbocycles. The Kier molecular flexibility index (Phi) is 4.21. The molecule has 1 amide bonds. The second kappa shape index (κ2) is 6.32. The summed E-state index contributed by atoms with van der Waals surface area (Å²) in [6, 6.07) is 13.5. The summed E-state index contributed by atoms with van der Waals surface area (Å²) in [4.78, 5) is 12.8. The van der Waals surface area contributed by atoms with Gasteiger partial charge in [-0.3, -0.25) is 4.79 Å². The minimum Gasteiger partial charge on any atom is -0.497 e. The maximum Gasteiger partial charge on any atom is 0.280 e. The first-order chi connectivity index (χ1) is 11.5. The predicted molar refractivity (Wildman–Crippen MR) is 97.5 cm³/mol. The monoisotopic (exact) mass is 320 g/mol. The van der Waals surface area contributed by atoms with E-state index in [1.807, 2.05) is 62.4 Å². The Bertz CT molecular complexity index is 848. The quantitative estimate of drug-likeness (QED) is 0.798. The van der Waals surface area contributed by atoms with E-state index in [1.165, 1.54) is 10.6 Å². The molecular weight excluding hydrogens is 300 g/mol. The fourth-order valence-corrected chi connectivity index (χ4v) is 2.58. The van der Waals surface area contributed by atoms with Crippen molar-refractivity contribution in [2.45, 2.75) is 20.8 Å². The van der Waals surface area contributed by atoms with E-state index in [2.05, 4.69) is 12.0 Å². The summed E-state index contributed by atoms with van der Waals surface area (Å²) in [6.45, 7) is 5.94. The number of anilines is 1. The molecule has 0 saturated heterocycles. The summed E-state index contributed by atoms with van der Waals surface area (Å²) in [5, 5.41) is 5.90. The number of nitrogens with zero attached hydrogens (tertiary/aromatic N) is 2. The SMILES string of the molecule is COc1ccc(C=C2C(=O)N(c3ccc(C)c(C)c3)N=C2C)cc1. The molecule has 3 rings (SSSR count). The van der Waals surface area contributed by atoms with Gasteiger partial charge in [-0.25, -0.2) is 0 Å². The normalized spacial score (nSPS) is 15.8. The lowest BCUT2D eigenvalue weighted by Crippen LogP contribution is -2.21. The number of rotatable bonds is 3. The van der Waals surface area contributed by atoms with Crippen molar-refractivity contribution < 1.29 is 9.53 Å². The summed E-state index contributed by atoms with van der Waals surface area (Å²) < 4.78 is 5.16. The standard InChI is InChI=1S/C20H20N2O2/c1-13-5-8-17(11-14(13)2)22-20(23)19(15(3)21-22)12-16-6-9-18(24-4)10-7-16/h5-12H,1-4H3. The van der Waals surface area contributed by atoms with Crippen molar-refractivity contribution in [1.82, 2.24) is 0 Å². The first-order valence-electron chi connectivity index (χ1n) is 7.82. The van der Waals surface area contributed by atoms with Crippen LogP contribution in [0, 0.1) is 13.8 Å². The van der Waals surface area contributed by atoms with Gasteiger partial charge in [0.05, 0.1) is 24.1 Å². The molecule has 0 unspecified atom stereocenters. The van der Waals surface area contributed by atoms with Crippen LogP contribution < -0.4 is 9.75 Å². The van der Waals surface area contributed by atoms with Crippen molar-refractivity contribution in [2.24, 2.45) is 5.10 Å². The molecule has 2 aromatic carbocycles. The van der Waals surface area contributed by atoms with Crippen LogP contribution in [0.3, 0.4) is 0 Å². The largest absolute Gasteiger partial charge is 0.497 e. The van der Waals surface area contributed by atoms with E-state index in [0.29, 0.717) is 11.3 Å². The maximum absolute atomic E-state index is 12.8. The smallest absolute Gasteiger partial charge is 0.280 e. The number of benzene rings is 2. The van der Waals surface area contributed by atoms with E-state index in [0.717, 1.165) is 22.6 Å². The van der Waals surface area contributed by atoms with Gasteiger partial charge in [0, 0.05) is 0 Å². The Hall–Kier alpha value is -2.88. The molecule has 0 atom stereocenters. The van der Waals surface area contributed by atoms with Gasteiger partial charge in [-0.15, -0.1) is 0 Å².